The van der Waals surface area contributed by atoms with Crippen molar-refractivity contribution in [1.82, 2.24) is 0 Å². The summed E-state index contributed by atoms with van der Waals surface area (Å²) in [6, 6.07) is 10.0. The first-order valence-electron chi connectivity index (χ1n) is 5.45. The number of ether oxygens (including phenoxy) is 1. The molecule has 19 heavy (non-hydrogen) atoms. The minimum absolute atomic E-state index is 0.0480. The first kappa shape index (κ1) is 13.4. The van der Waals surface area contributed by atoms with Crippen LogP contribution in [-0.2, 0) is 0 Å². The third-order valence-corrected chi connectivity index (χ3v) is 3.15. The van der Waals surface area contributed by atoms with Crippen molar-refractivity contribution in [2.24, 2.45) is 0 Å². The second kappa shape index (κ2) is 5.27. The molecule has 0 saturated heterocycles. The van der Waals surface area contributed by atoms with Crippen molar-refractivity contribution in [1.29, 1.82) is 0 Å². The van der Waals surface area contributed by atoms with Crippen molar-refractivity contribution >= 4 is 27.3 Å². The molecule has 0 radical (unpaired) electrons. The maximum atomic E-state index is 10.8. The molecule has 0 fully saturated rings. The van der Waals surface area contributed by atoms with Crippen LogP contribution in [0.3, 0.4) is 0 Å². The molecule has 0 unspecified atom stereocenters. The van der Waals surface area contributed by atoms with E-state index >= 15 is 0 Å². The number of hydrogen-bond donors (Lipinski definition) is 1. The van der Waals surface area contributed by atoms with Crippen LogP contribution in [0.4, 0.5) is 11.4 Å². The normalized spacial score (nSPS) is 10.2. The fraction of sp³-hybridized carbons (Fsp3) is 0.0769. The molecule has 0 amide bonds. The van der Waals surface area contributed by atoms with Crippen LogP contribution in [0.15, 0.2) is 40.9 Å². The molecule has 0 atom stereocenters. The Kier molecular flexibility index (Phi) is 3.71. The van der Waals surface area contributed by atoms with Gasteiger partial charge in [0.1, 0.15) is 11.5 Å². The van der Waals surface area contributed by atoms with E-state index in [1.54, 1.807) is 37.3 Å². The molecule has 6 heteroatoms. The number of halogens is 1. The van der Waals surface area contributed by atoms with Gasteiger partial charge in [0.15, 0.2) is 0 Å². The predicted octanol–water partition coefficient (Wildman–Crippen LogP) is 4.04. The summed E-state index contributed by atoms with van der Waals surface area (Å²) in [7, 11) is 0. The van der Waals surface area contributed by atoms with E-state index in [0.717, 1.165) is 0 Å². The molecule has 0 aliphatic heterocycles. The van der Waals surface area contributed by atoms with E-state index < -0.39 is 4.92 Å². The highest BCUT2D eigenvalue weighted by atomic mass is 79.9. The van der Waals surface area contributed by atoms with Crippen molar-refractivity contribution < 1.29 is 9.66 Å². The van der Waals surface area contributed by atoms with Gasteiger partial charge in [-0.1, -0.05) is 6.07 Å². The van der Waals surface area contributed by atoms with Crippen molar-refractivity contribution in [2.75, 3.05) is 5.73 Å². The molecule has 2 rings (SSSR count). The molecular weight excluding hydrogens is 312 g/mol. The zero-order chi connectivity index (χ0) is 14.0. The maximum absolute atomic E-state index is 10.8. The first-order valence-corrected chi connectivity index (χ1v) is 6.24. The van der Waals surface area contributed by atoms with Gasteiger partial charge in [-0.15, -0.1) is 0 Å². The Morgan fingerprint density at radius 3 is 2.68 bits per heavy atom. The molecule has 2 aromatic carbocycles. The summed E-state index contributed by atoms with van der Waals surface area (Å²) < 4.78 is 6.18. The van der Waals surface area contributed by atoms with Crippen LogP contribution in [0.5, 0.6) is 11.5 Å². The fourth-order valence-corrected chi connectivity index (χ4v) is 2.04. The molecule has 0 aliphatic rings. The lowest BCUT2D eigenvalue weighted by Gasteiger charge is -2.09. The van der Waals surface area contributed by atoms with E-state index in [1.807, 2.05) is 0 Å². The monoisotopic (exact) mass is 322 g/mol. The second-order valence-corrected chi connectivity index (χ2v) is 4.86. The number of nitrogen functional groups attached to an aromatic ring is 1. The minimum atomic E-state index is -0.426. The maximum Gasteiger partial charge on any atom is 0.273 e. The number of nitro groups is 1. The highest BCUT2D eigenvalue weighted by Gasteiger charge is 2.15. The molecule has 0 heterocycles. The van der Waals surface area contributed by atoms with Gasteiger partial charge in [-0.2, -0.15) is 0 Å². The van der Waals surface area contributed by atoms with Gasteiger partial charge < -0.3 is 10.5 Å². The Hall–Kier alpha value is -2.08. The highest BCUT2D eigenvalue weighted by Crippen LogP contribution is 2.35. The molecule has 0 spiro atoms. The largest absolute Gasteiger partial charge is 0.456 e. The van der Waals surface area contributed by atoms with Crippen LogP contribution in [0.25, 0.3) is 0 Å². The third kappa shape index (κ3) is 3.03. The van der Waals surface area contributed by atoms with Gasteiger partial charge in [-0.25, -0.2) is 0 Å². The van der Waals surface area contributed by atoms with Crippen molar-refractivity contribution in [3.8, 4) is 11.5 Å². The van der Waals surface area contributed by atoms with E-state index in [0.29, 0.717) is 27.2 Å². The number of rotatable bonds is 3. The van der Waals surface area contributed by atoms with Gasteiger partial charge >= 0.3 is 0 Å². The molecule has 0 aromatic heterocycles. The Morgan fingerprint density at radius 2 is 2.05 bits per heavy atom. The highest BCUT2D eigenvalue weighted by molar-refractivity contribution is 9.10. The summed E-state index contributed by atoms with van der Waals surface area (Å²) in [5.41, 5.74) is 6.84. The predicted molar refractivity (Wildman–Crippen MR) is 76.5 cm³/mol. The smallest absolute Gasteiger partial charge is 0.273 e. The minimum Gasteiger partial charge on any atom is -0.456 e. The summed E-state index contributed by atoms with van der Waals surface area (Å²) in [6.07, 6.45) is 0. The Bertz CT molecular complexity index is 644. The number of benzene rings is 2. The Labute approximate surface area is 118 Å². The number of hydrogen-bond acceptors (Lipinski definition) is 4. The van der Waals surface area contributed by atoms with E-state index in [9.17, 15) is 10.1 Å². The summed E-state index contributed by atoms with van der Waals surface area (Å²) in [5, 5.41) is 10.8. The number of nitrogens with zero attached hydrogens (tertiary/aromatic N) is 1. The lowest BCUT2D eigenvalue weighted by Crippen LogP contribution is -1.94. The third-order valence-electron chi connectivity index (χ3n) is 2.53. The molecule has 98 valence electrons. The molecule has 0 aliphatic carbocycles. The van der Waals surface area contributed by atoms with Gasteiger partial charge in [-0.3, -0.25) is 10.1 Å². The summed E-state index contributed by atoms with van der Waals surface area (Å²) in [5.74, 6) is 1.09. The van der Waals surface area contributed by atoms with Gasteiger partial charge in [0.25, 0.3) is 5.69 Å². The molecule has 0 bridgehead atoms. The van der Waals surface area contributed by atoms with E-state index in [-0.39, 0.29) is 5.69 Å². The second-order valence-electron chi connectivity index (χ2n) is 4.00. The van der Waals surface area contributed by atoms with Crippen LogP contribution in [0.1, 0.15) is 5.56 Å². The fourth-order valence-electron chi connectivity index (χ4n) is 1.62. The molecule has 5 nitrogen and oxygen atoms in total. The first-order chi connectivity index (χ1) is 8.97. The van der Waals surface area contributed by atoms with Crippen molar-refractivity contribution in [2.45, 2.75) is 6.92 Å². The number of anilines is 1. The SMILES string of the molecule is Cc1cc(Oc2cccc(N)c2)c(Br)cc1[N+](=O)[O-]. The Balaban J connectivity index is 2.36. The summed E-state index contributed by atoms with van der Waals surface area (Å²) in [4.78, 5) is 10.4. The van der Waals surface area contributed by atoms with Gasteiger partial charge in [0, 0.05) is 23.4 Å². The van der Waals surface area contributed by atoms with Crippen LogP contribution < -0.4 is 10.5 Å². The molecule has 0 saturated carbocycles. The summed E-state index contributed by atoms with van der Waals surface area (Å²) in [6.45, 7) is 1.66. The van der Waals surface area contributed by atoms with Crippen LogP contribution in [0.2, 0.25) is 0 Å². The molecule has 2 N–H and O–H groups in total. The number of nitrogens with two attached hydrogens (primary N) is 1. The lowest BCUT2D eigenvalue weighted by atomic mass is 10.2. The average Bonchev–Trinajstić information content (AvgIpc) is 2.33. The zero-order valence-electron chi connectivity index (χ0n) is 10.1. The lowest BCUT2D eigenvalue weighted by molar-refractivity contribution is -0.385. The van der Waals surface area contributed by atoms with Gasteiger partial charge in [-0.05, 0) is 41.1 Å². The quantitative estimate of drug-likeness (QED) is 0.525. The topological polar surface area (TPSA) is 78.4 Å². The number of aryl methyl sites for hydroxylation is 1. The van der Waals surface area contributed by atoms with Crippen molar-refractivity contribution in [3.05, 3.63) is 56.5 Å². The van der Waals surface area contributed by atoms with Gasteiger partial charge in [0.05, 0.1) is 9.40 Å². The number of nitro benzene ring substituents is 1. The van der Waals surface area contributed by atoms with Crippen molar-refractivity contribution in [3.63, 3.8) is 0 Å². The van der Waals surface area contributed by atoms with Crippen LogP contribution in [-0.4, -0.2) is 4.92 Å². The zero-order valence-corrected chi connectivity index (χ0v) is 11.7. The standard InChI is InChI=1S/C13H11BrN2O3/c1-8-5-13(11(14)7-12(8)16(17)18)19-10-4-2-3-9(15)6-10/h2-7H,15H2,1H3. The summed E-state index contributed by atoms with van der Waals surface area (Å²) >= 11 is 3.26. The Morgan fingerprint density at radius 1 is 1.32 bits per heavy atom. The van der Waals surface area contributed by atoms with Crippen LogP contribution >= 0.6 is 15.9 Å². The van der Waals surface area contributed by atoms with E-state index in [4.69, 9.17) is 10.5 Å². The molecule has 2 aromatic rings. The van der Waals surface area contributed by atoms with Crippen LogP contribution in [0, 0.1) is 17.0 Å². The average molecular weight is 323 g/mol. The van der Waals surface area contributed by atoms with Gasteiger partial charge in [0.2, 0.25) is 0 Å². The molecular formula is C13H11BrN2O3. The van der Waals surface area contributed by atoms with E-state index in [2.05, 4.69) is 15.9 Å². The van der Waals surface area contributed by atoms with E-state index in [1.165, 1.54) is 6.07 Å².